The zero-order valence-corrected chi connectivity index (χ0v) is 16.8. The molecule has 0 fully saturated rings. The third-order valence-electron chi connectivity index (χ3n) is 4.95. The maximum atomic E-state index is 13.2. The summed E-state index contributed by atoms with van der Waals surface area (Å²) in [7, 11) is 0. The Bertz CT molecular complexity index is 1170. The minimum absolute atomic E-state index is 0.105. The Morgan fingerprint density at radius 3 is 2.53 bits per heavy atom. The topological polar surface area (TPSA) is 43.3 Å². The number of carbonyl (C=O) groups is 1. The highest BCUT2D eigenvalue weighted by atomic mass is 19.1. The van der Waals surface area contributed by atoms with Crippen molar-refractivity contribution in [3.63, 3.8) is 0 Å². The van der Waals surface area contributed by atoms with Crippen LogP contribution in [0.4, 0.5) is 10.1 Å². The van der Waals surface area contributed by atoms with Crippen LogP contribution in [0.3, 0.4) is 0 Å². The molecule has 0 atom stereocenters. The van der Waals surface area contributed by atoms with Gasteiger partial charge in [-0.2, -0.15) is 0 Å². The molecule has 1 amide bonds. The van der Waals surface area contributed by atoms with Crippen LogP contribution in [-0.2, 0) is 17.8 Å². The average Bonchev–Trinajstić information content (AvgIpc) is 3.08. The van der Waals surface area contributed by atoms with Crippen molar-refractivity contribution in [3.8, 4) is 5.75 Å². The van der Waals surface area contributed by atoms with Gasteiger partial charge in [0, 0.05) is 23.6 Å². The van der Waals surface area contributed by atoms with Gasteiger partial charge in [-0.05, 0) is 48.4 Å². The number of para-hydroxylation sites is 3. The van der Waals surface area contributed by atoms with E-state index >= 15 is 0 Å². The normalized spacial score (nSPS) is 10.9. The summed E-state index contributed by atoms with van der Waals surface area (Å²) in [4.78, 5) is 12.8. The first-order chi connectivity index (χ1) is 14.6. The number of nitrogens with one attached hydrogen (secondary N) is 1. The number of rotatable bonds is 7. The SMILES string of the molecule is CCOc1ccccc1NC(=O)Cc1cn(Cc2ccc(F)cc2)c2ccccc12. The number of carbonyl (C=O) groups excluding carboxylic acids is 1. The second kappa shape index (κ2) is 8.82. The molecule has 152 valence electrons. The van der Waals surface area contributed by atoms with Gasteiger partial charge < -0.3 is 14.6 Å². The van der Waals surface area contributed by atoms with E-state index in [9.17, 15) is 9.18 Å². The summed E-state index contributed by atoms with van der Waals surface area (Å²) in [5.74, 6) is 0.305. The molecule has 1 N–H and O–H groups in total. The van der Waals surface area contributed by atoms with Crippen LogP contribution < -0.4 is 10.1 Å². The number of hydrogen-bond acceptors (Lipinski definition) is 2. The molecule has 4 nitrogen and oxygen atoms in total. The Morgan fingerprint density at radius 2 is 1.73 bits per heavy atom. The second-order valence-electron chi connectivity index (χ2n) is 7.08. The van der Waals surface area contributed by atoms with Gasteiger partial charge in [0.1, 0.15) is 11.6 Å². The highest BCUT2D eigenvalue weighted by Crippen LogP contribution is 2.26. The summed E-state index contributed by atoms with van der Waals surface area (Å²) in [5, 5.41) is 3.99. The highest BCUT2D eigenvalue weighted by molar-refractivity contribution is 5.96. The van der Waals surface area contributed by atoms with Crippen molar-refractivity contribution in [1.82, 2.24) is 4.57 Å². The van der Waals surface area contributed by atoms with Crippen LogP contribution in [0.5, 0.6) is 5.75 Å². The first-order valence-electron chi connectivity index (χ1n) is 9.97. The molecule has 0 aliphatic carbocycles. The fraction of sp³-hybridized carbons (Fsp3) is 0.160. The van der Waals surface area contributed by atoms with E-state index in [4.69, 9.17) is 4.74 Å². The average molecular weight is 402 g/mol. The van der Waals surface area contributed by atoms with Gasteiger partial charge >= 0.3 is 0 Å². The van der Waals surface area contributed by atoms with E-state index in [1.165, 1.54) is 12.1 Å². The predicted octanol–water partition coefficient (Wildman–Crippen LogP) is 5.41. The second-order valence-corrected chi connectivity index (χ2v) is 7.08. The van der Waals surface area contributed by atoms with Crippen molar-refractivity contribution in [2.45, 2.75) is 19.9 Å². The van der Waals surface area contributed by atoms with Gasteiger partial charge in [-0.25, -0.2) is 4.39 Å². The Balaban J connectivity index is 1.57. The molecule has 0 unspecified atom stereocenters. The molecular formula is C25H23FN2O2. The summed E-state index contributed by atoms with van der Waals surface area (Å²) >= 11 is 0. The molecule has 4 aromatic rings. The van der Waals surface area contributed by atoms with E-state index in [-0.39, 0.29) is 18.1 Å². The van der Waals surface area contributed by atoms with Crippen LogP contribution in [0.25, 0.3) is 10.9 Å². The minimum Gasteiger partial charge on any atom is -0.492 e. The molecule has 0 aliphatic heterocycles. The van der Waals surface area contributed by atoms with E-state index < -0.39 is 0 Å². The zero-order chi connectivity index (χ0) is 20.9. The molecule has 1 heterocycles. The molecule has 5 heteroatoms. The van der Waals surface area contributed by atoms with Gasteiger partial charge in [0.2, 0.25) is 5.91 Å². The fourth-order valence-corrected chi connectivity index (χ4v) is 3.60. The van der Waals surface area contributed by atoms with Gasteiger partial charge in [0.05, 0.1) is 18.7 Å². The van der Waals surface area contributed by atoms with Crippen LogP contribution >= 0.6 is 0 Å². The first-order valence-corrected chi connectivity index (χ1v) is 9.97. The molecule has 0 spiro atoms. The Labute approximate surface area is 174 Å². The molecule has 4 rings (SSSR count). The predicted molar refractivity (Wildman–Crippen MR) is 117 cm³/mol. The lowest BCUT2D eigenvalue weighted by Crippen LogP contribution is -2.15. The number of nitrogens with zero attached hydrogens (tertiary/aromatic N) is 1. The number of hydrogen-bond donors (Lipinski definition) is 1. The summed E-state index contributed by atoms with van der Waals surface area (Å²) in [6, 6.07) is 21.9. The minimum atomic E-state index is -0.249. The molecule has 0 aliphatic rings. The van der Waals surface area contributed by atoms with Crippen LogP contribution in [0.15, 0.2) is 79.0 Å². The summed E-state index contributed by atoms with van der Waals surface area (Å²) < 4.78 is 20.9. The maximum absolute atomic E-state index is 13.2. The van der Waals surface area contributed by atoms with Gasteiger partial charge in [-0.3, -0.25) is 4.79 Å². The van der Waals surface area contributed by atoms with Crippen LogP contribution in [0.2, 0.25) is 0 Å². The molecule has 0 saturated heterocycles. The largest absolute Gasteiger partial charge is 0.492 e. The molecule has 0 saturated carbocycles. The number of anilines is 1. The van der Waals surface area contributed by atoms with E-state index in [1.54, 1.807) is 12.1 Å². The zero-order valence-electron chi connectivity index (χ0n) is 16.8. The number of ether oxygens (including phenoxy) is 1. The molecule has 0 bridgehead atoms. The Hall–Kier alpha value is -3.60. The summed E-state index contributed by atoms with van der Waals surface area (Å²) in [5.41, 5.74) is 3.65. The third-order valence-corrected chi connectivity index (χ3v) is 4.95. The molecule has 0 radical (unpaired) electrons. The fourth-order valence-electron chi connectivity index (χ4n) is 3.60. The lowest BCUT2D eigenvalue weighted by molar-refractivity contribution is -0.115. The molecule has 30 heavy (non-hydrogen) atoms. The molecular weight excluding hydrogens is 379 g/mol. The van der Waals surface area contributed by atoms with Crippen molar-refractivity contribution in [2.24, 2.45) is 0 Å². The van der Waals surface area contributed by atoms with Crippen LogP contribution in [0.1, 0.15) is 18.1 Å². The monoisotopic (exact) mass is 402 g/mol. The Morgan fingerprint density at radius 1 is 1.00 bits per heavy atom. The molecule has 1 aromatic heterocycles. The summed E-state index contributed by atoms with van der Waals surface area (Å²) in [6.07, 6.45) is 2.25. The van der Waals surface area contributed by atoms with E-state index in [0.29, 0.717) is 24.6 Å². The van der Waals surface area contributed by atoms with Crippen LogP contribution in [-0.4, -0.2) is 17.1 Å². The Kier molecular flexibility index (Phi) is 5.80. The highest BCUT2D eigenvalue weighted by Gasteiger charge is 2.14. The van der Waals surface area contributed by atoms with Crippen molar-refractivity contribution in [1.29, 1.82) is 0 Å². The lowest BCUT2D eigenvalue weighted by atomic mass is 10.1. The van der Waals surface area contributed by atoms with E-state index in [0.717, 1.165) is 22.0 Å². The number of fused-ring (bicyclic) bond motifs is 1. The maximum Gasteiger partial charge on any atom is 0.228 e. The van der Waals surface area contributed by atoms with Gasteiger partial charge in [0.15, 0.2) is 0 Å². The van der Waals surface area contributed by atoms with Crippen molar-refractivity contribution in [2.75, 3.05) is 11.9 Å². The van der Waals surface area contributed by atoms with E-state index in [2.05, 4.69) is 9.88 Å². The molecule has 3 aromatic carbocycles. The van der Waals surface area contributed by atoms with Crippen LogP contribution in [0, 0.1) is 5.82 Å². The third kappa shape index (κ3) is 4.35. The standard InChI is InChI=1S/C25H23FN2O2/c1-2-30-24-10-6-4-8-22(24)27-25(29)15-19-17-28(23-9-5-3-7-21(19)23)16-18-11-13-20(26)14-12-18/h3-14,17H,2,15-16H2,1H3,(H,27,29). The van der Waals surface area contributed by atoms with Crippen molar-refractivity contribution in [3.05, 3.63) is 95.9 Å². The number of amides is 1. The number of halogens is 1. The number of aromatic nitrogens is 1. The summed E-state index contributed by atoms with van der Waals surface area (Å²) in [6.45, 7) is 3.05. The first kappa shape index (κ1) is 19.7. The lowest BCUT2D eigenvalue weighted by Gasteiger charge is -2.11. The van der Waals surface area contributed by atoms with Gasteiger partial charge in [-0.1, -0.05) is 42.5 Å². The van der Waals surface area contributed by atoms with Crippen molar-refractivity contribution >= 4 is 22.5 Å². The smallest absolute Gasteiger partial charge is 0.228 e. The van der Waals surface area contributed by atoms with Gasteiger partial charge in [-0.15, -0.1) is 0 Å². The van der Waals surface area contributed by atoms with E-state index in [1.807, 2.05) is 61.7 Å². The van der Waals surface area contributed by atoms with Crippen molar-refractivity contribution < 1.29 is 13.9 Å². The van der Waals surface area contributed by atoms with Gasteiger partial charge in [0.25, 0.3) is 0 Å². The number of benzene rings is 3. The quantitative estimate of drug-likeness (QED) is 0.449.